The van der Waals surface area contributed by atoms with E-state index in [4.69, 9.17) is 11.6 Å². The minimum absolute atomic E-state index is 0.127. The Kier molecular flexibility index (Phi) is 2.13. The Hall–Kier alpha value is -1.55. The molecule has 72 valence electrons. The van der Waals surface area contributed by atoms with E-state index in [1.54, 1.807) is 25.2 Å². The molecule has 2 N–H and O–H groups in total. The fraction of sp³-hybridized carbons (Fsp3) is 0.111. The maximum atomic E-state index is 11.3. The van der Waals surface area contributed by atoms with E-state index in [0.29, 0.717) is 10.8 Å². The highest BCUT2D eigenvalue weighted by Crippen LogP contribution is 2.15. The number of nitrogens with one attached hydrogen (secondary N) is 2. The van der Waals surface area contributed by atoms with Gasteiger partial charge in [0.1, 0.15) is 0 Å². The van der Waals surface area contributed by atoms with Crippen LogP contribution in [-0.4, -0.2) is 22.9 Å². The first kappa shape index (κ1) is 9.02. The van der Waals surface area contributed by atoms with Crippen molar-refractivity contribution in [3.8, 4) is 0 Å². The number of hydrogen-bond acceptors (Lipinski definition) is 2. The Morgan fingerprint density at radius 3 is 3.07 bits per heavy atom. The average molecular weight is 210 g/mol. The fourth-order valence-electron chi connectivity index (χ4n) is 1.26. The number of nitrogens with zero attached hydrogens (tertiary/aromatic N) is 1. The van der Waals surface area contributed by atoms with Gasteiger partial charge in [-0.25, -0.2) is 4.98 Å². The van der Waals surface area contributed by atoms with E-state index in [-0.39, 0.29) is 5.91 Å². The molecule has 0 aliphatic rings. The van der Waals surface area contributed by atoms with Crippen LogP contribution in [0, 0.1) is 0 Å². The lowest BCUT2D eigenvalue weighted by Crippen LogP contribution is -2.17. The standard InChI is InChI=1S/C9H8ClN3O/c1-11-8(14)5-2-3-6-7(4-5)13-9(10)12-6/h2-4H,1H3,(H,11,14)(H,12,13). The molecular formula is C9H8ClN3O. The first-order chi connectivity index (χ1) is 6.70. The second-order valence-electron chi connectivity index (χ2n) is 2.84. The number of carbonyl (C=O) groups excluding carboxylic acids is 1. The van der Waals surface area contributed by atoms with Crippen LogP contribution in [0.15, 0.2) is 18.2 Å². The molecule has 14 heavy (non-hydrogen) atoms. The Morgan fingerprint density at radius 2 is 2.36 bits per heavy atom. The van der Waals surface area contributed by atoms with Gasteiger partial charge in [0.05, 0.1) is 11.0 Å². The lowest BCUT2D eigenvalue weighted by molar-refractivity contribution is 0.0963. The van der Waals surface area contributed by atoms with Gasteiger partial charge in [0, 0.05) is 12.6 Å². The van der Waals surface area contributed by atoms with Gasteiger partial charge >= 0.3 is 0 Å². The molecule has 1 aromatic carbocycles. The molecule has 0 spiro atoms. The van der Waals surface area contributed by atoms with Crippen LogP contribution in [0.3, 0.4) is 0 Å². The van der Waals surface area contributed by atoms with E-state index in [1.165, 1.54) is 0 Å². The molecule has 0 fully saturated rings. The van der Waals surface area contributed by atoms with Gasteiger partial charge in [0.25, 0.3) is 5.91 Å². The normalized spacial score (nSPS) is 10.4. The lowest BCUT2D eigenvalue weighted by atomic mass is 10.2. The first-order valence-electron chi connectivity index (χ1n) is 4.08. The van der Waals surface area contributed by atoms with Gasteiger partial charge in [0.15, 0.2) is 0 Å². The number of carbonyl (C=O) groups is 1. The minimum Gasteiger partial charge on any atom is -0.355 e. The van der Waals surface area contributed by atoms with Gasteiger partial charge in [-0.3, -0.25) is 4.79 Å². The number of hydrogen-bond donors (Lipinski definition) is 2. The predicted octanol–water partition coefficient (Wildman–Crippen LogP) is 1.58. The number of fused-ring (bicyclic) bond motifs is 1. The molecule has 0 radical (unpaired) electrons. The summed E-state index contributed by atoms with van der Waals surface area (Å²) in [4.78, 5) is 18.2. The zero-order valence-corrected chi connectivity index (χ0v) is 8.22. The van der Waals surface area contributed by atoms with Crippen molar-refractivity contribution in [3.63, 3.8) is 0 Å². The van der Waals surface area contributed by atoms with Crippen LogP contribution < -0.4 is 5.32 Å². The average Bonchev–Trinajstić information content (AvgIpc) is 2.55. The van der Waals surface area contributed by atoms with Crippen molar-refractivity contribution >= 4 is 28.5 Å². The van der Waals surface area contributed by atoms with Crippen LogP contribution in [-0.2, 0) is 0 Å². The van der Waals surface area contributed by atoms with Gasteiger partial charge in [-0.05, 0) is 29.8 Å². The van der Waals surface area contributed by atoms with Crippen molar-refractivity contribution in [3.05, 3.63) is 29.0 Å². The largest absolute Gasteiger partial charge is 0.355 e. The van der Waals surface area contributed by atoms with E-state index in [2.05, 4.69) is 15.3 Å². The van der Waals surface area contributed by atoms with Gasteiger partial charge in [-0.1, -0.05) is 0 Å². The summed E-state index contributed by atoms with van der Waals surface area (Å²) < 4.78 is 0. The minimum atomic E-state index is -0.127. The predicted molar refractivity (Wildman–Crippen MR) is 54.5 cm³/mol. The topological polar surface area (TPSA) is 57.8 Å². The highest BCUT2D eigenvalue weighted by Gasteiger charge is 2.06. The smallest absolute Gasteiger partial charge is 0.251 e. The Bertz CT molecular complexity index is 492. The highest BCUT2D eigenvalue weighted by atomic mass is 35.5. The van der Waals surface area contributed by atoms with Crippen LogP contribution in [0.1, 0.15) is 10.4 Å². The summed E-state index contributed by atoms with van der Waals surface area (Å²) in [6.45, 7) is 0. The molecule has 2 rings (SSSR count). The Labute approximate surface area is 85.3 Å². The van der Waals surface area contributed by atoms with Crippen LogP contribution >= 0.6 is 11.6 Å². The zero-order valence-electron chi connectivity index (χ0n) is 7.47. The van der Waals surface area contributed by atoms with E-state index >= 15 is 0 Å². The Balaban J connectivity index is 2.55. The fourth-order valence-corrected chi connectivity index (χ4v) is 1.46. The number of halogens is 1. The Morgan fingerprint density at radius 1 is 1.57 bits per heavy atom. The van der Waals surface area contributed by atoms with Gasteiger partial charge < -0.3 is 10.3 Å². The molecule has 0 atom stereocenters. The van der Waals surface area contributed by atoms with Crippen LogP contribution in [0.25, 0.3) is 11.0 Å². The molecular weight excluding hydrogens is 202 g/mol. The summed E-state index contributed by atoms with van der Waals surface area (Å²) in [7, 11) is 1.59. The molecule has 0 saturated heterocycles. The third-order valence-corrected chi connectivity index (χ3v) is 2.12. The molecule has 1 amide bonds. The third-order valence-electron chi connectivity index (χ3n) is 1.94. The van der Waals surface area contributed by atoms with E-state index in [0.717, 1.165) is 11.0 Å². The molecule has 4 nitrogen and oxygen atoms in total. The molecule has 1 heterocycles. The number of amides is 1. The van der Waals surface area contributed by atoms with Crippen molar-refractivity contribution in [1.82, 2.24) is 15.3 Å². The first-order valence-corrected chi connectivity index (χ1v) is 4.46. The maximum Gasteiger partial charge on any atom is 0.251 e. The number of aromatic amines is 1. The summed E-state index contributed by atoms with van der Waals surface area (Å²) in [5, 5.41) is 2.87. The monoisotopic (exact) mass is 209 g/mol. The van der Waals surface area contributed by atoms with Crippen LogP contribution in [0.2, 0.25) is 5.28 Å². The maximum absolute atomic E-state index is 11.3. The van der Waals surface area contributed by atoms with E-state index in [1.807, 2.05) is 0 Å². The SMILES string of the molecule is CNC(=O)c1ccc2nc(Cl)[nH]c2c1. The number of benzene rings is 1. The summed E-state index contributed by atoms with van der Waals surface area (Å²) >= 11 is 5.68. The van der Waals surface area contributed by atoms with Crippen molar-refractivity contribution in [2.45, 2.75) is 0 Å². The second kappa shape index (κ2) is 3.31. The highest BCUT2D eigenvalue weighted by molar-refractivity contribution is 6.29. The summed E-state index contributed by atoms with van der Waals surface area (Å²) in [5.74, 6) is -0.127. The third kappa shape index (κ3) is 1.44. The molecule has 0 aliphatic carbocycles. The summed E-state index contributed by atoms with van der Waals surface area (Å²) in [5.41, 5.74) is 2.10. The molecule has 0 unspecified atom stereocenters. The zero-order chi connectivity index (χ0) is 10.1. The molecule has 0 aliphatic heterocycles. The molecule has 0 saturated carbocycles. The number of aromatic nitrogens is 2. The molecule has 0 bridgehead atoms. The van der Waals surface area contributed by atoms with Gasteiger partial charge in [0.2, 0.25) is 5.28 Å². The lowest BCUT2D eigenvalue weighted by Gasteiger charge is -1.98. The molecule has 2 aromatic rings. The van der Waals surface area contributed by atoms with Crippen LogP contribution in [0.5, 0.6) is 0 Å². The van der Waals surface area contributed by atoms with Crippen molar-refractivity contribution in [1.29, 1.82) is 0 Å². The van der Waals surface area contributed by atoms with Gasteiger partial charge in [-0.2, -0.15) is 0 Å². The molecule has 5 heteroatoms. The summed E-state index contributed by atoms with van der Waals surface area (Å²) in [6.07, 6.45) is 0. The number of rotatable bonds is 1. The van der Waals surface area contributed by atoms with E-state index in [9.17, 15) is 4.79 Å². The quantitative estimate of drug-likeness (QED) is 0.749. The van der Waals surface area contributed by atoms with E-state index < -0.39 is 0 Å². The van der Waals surface area contributed by atoms with Gasteiger partial charge in [-0.15, -0.1) is 0 Å². The van der Waals surface area contributed by atoms with Crippen molar-refractivity contribution < 1.29 is 4.79 Å². The van der Waals surface area contributed by atoms with Crippen molar-refractivity contribution in [2.24, 2.45) is 0 Å². The number of H-pyrrole nitrogens is 1. The van der Waals surface area contributed by atoms with Crippen LogP contribution in [0.4, 0.5) is 0 Å². The molecule has 1 aromatic heterocycles. The van der Waals surface area contributed by atoms with Crippen molar-refractivity contribution in [2.75, 3.05) is 7.05 Å². The number of imidazole rings is 1. The second-order valence-corrected chi connectivity index (χ2v) is 3.20. The summed E-state index contributed by atoms with van der Waals surface area (Å²) in [6, 6.07) is 5.17.